The van der Waals surface area contributed by atoms with Crippen LogP contribution in [0.2, 0.25) is 0 Å². The predicted molar refractivity (Wildman–Crippen MR) is 62.7 cm³/mol. The Morgan fingerprint density at radius 1 is 1.24 bits per heavy atom. The summed E-state index contributed by atoms with van der Waals surface area (Å²) in [6.07, 6.45) is 1.55. The van der Waals surface area contributed by atoms with Gasteiger partial charge in [0.15, 0.2) is 0 Å². The minimum atomic E-state index is -0.564. The van der Waals surface area contributed by atoms with Crippen molar-refractivity contribution in [3.8, 4) is 0 Å². The largest absolute Gasteiger partial charge is 0.368 e. The molecule has 1 heterocycles. The molecule has 0 radical (unpaired) electrons. The van der Waals surface area contributed by atoms with E-state index in [9.17, 15) is 9.59 Å². The highest BCUT2D eigenvalue weighted by Gasteiger charge is 2.13. The summed E-state index contributed by atoms with van der Waals surface area (Å²) in [6, 6.07) is 3.43. The average Bonchev–Trinajstić information content (AvgIpc) is 2.27. The Morgan fingerprint density at radius 3 is 2.29 bits per heavy atom. The first-order valence-electron chi connectivity index (χ1n) is 4.99. The summed E-state index contributed by atoms with van der Waals surface area (Å²) in [5, 5.41) is 0. The van der Waals surface area contributed by atoms with Gasteiger partial charge in [-0.2, -0.15) is 0 Å². The summed E-state index contributed by atoms with van der Waals surface area (Å²) in [5.41, 5.74) is 16.5. The van der Waals surface area contributed by atoms with Crippen molar-refractivity contribution in [1.29, 1.82) is 0 Å². The van der Waals surface area contributed by atoms with Crippen LogP contribution in [0.25, 0.3) is 0 Å². The minimum absolute atomic E-state index is 0.121. The predicted octanol–water partition coefficient (Wildman–Crippen LogP) is -1.68. The maximum absolute atomic E-state index is 10.9. The molecule has 6 N–H and O–H groups in total. The van der Waals surface area contributed by atoms with Crippen molar-refractivity contribution in [3.05, 3.63) is 23.9 Å². The van der Waals surface area contributed by atoms with E-state index in [-0.39, 0.29) is 13.1 Å². The first-order chi connectivity index (χ1) is 8.02. The Morgan fingerprint density at radius 2 is 1.82 bits per heavy atom. The Kier molecular flexibility index (Phi) is 4.41. The number of aromatic nitrogens is 1. The van der Waals surface area contributed by atoms with Gasteiger partial charge in [0, 0.05) is 12.7 Å². The third-order valence-electron chi connectivity index (χ3n) is 2.06. The zero-order valence-electron chi connectivity index (χ0n) is 9.30. The van der Waals surface area contributed by atoms with E-state index in [0.717, 1.165) is 5.56 Å². The van der Waals surface area contributed by atoms with Crippen LogP contribution in [0.5, 0.6) is 0 Å². The molecule has 0 saturated heterocycles. The molecule has 0 fully saturated rings. The Bertz CT molecular complexity index is 405. The third kappa shape index (κ3) is 4.07. The van der Waals surface area contributed by atoms with Crippen LogP contribution in [-0.4, -0.2) is 29.9 Å². The van der Waals surface area contributed by atoms with Crippen molar-refractivity contribution in [2.45, 2.75) is 6.54 Å². The Labute approximate surface area is 98.6 Å². The van der Waals surface area contributed by atoms with E-state index in [1.54, 1.807) is 18.3 Å². The van der Waals surface area contributed by atoms with Gasteiger partial charge in [-0.3, -0.25) is 9.59 Å². The molecule has 0 unspecified atom stereocenters. The van der Waals surface area contributed by atoms with E-state index in [1.807, 2.05) is 0 Å². The number of primary amides is 2. The second kappa shape index (κ2) is 5.80. The number of rotatable bonds is 6. The Hall–Kier alpha value is -2.15. The normalized spacial score (nSPS) is 9.94. The molecule has 1 aromatic rings. The van der Waals surface area contributed by atoms with Crippen LogP contribution < -0.4 is 22.1 Å². The average molecular weight is 237 g/mol. The number of nitrogens with two attached hydrogens (primary N) is 3. The molecule has 17 heavy (non-hydrogen) atoms. The van der Waals surface area contributed by atoms with Gasteiger partial charge in [0.25, 0.3) is 0 Å². The zero-order chi connectivity index (χ0) is 12.8. The monoisotopic (exact) mass is 237 g/mol. The number of amides is 2. The number of carbonyl (C=O) groups excluding carboxylic acids is 2. The van der Waals surface area contributed by atoms with Crippen molar-refractivity contribution < 1.29 is 9.59 Å². The van der Waals surface area contributed by atoms with Crippen molar-refractivity contribution in [2.24, 2.45) is 17.2 Å². The quantitative estimate of drug-likeness (QED) is 0.544. The molecular formula is C10H15N5O2. The second-order valence-corrected chi connectivity index (χ2v) is 3.52. The van der Waals surface area contributed by atoms with Crippen molar-refractivity contribution in [3.63, 3.8) is 0 Å². The van der Waals surface area contributed by atoms with Crippen LogP contribution in [0.3, 0.4) is 0 Å². The van der Waals surface area contributed by atoms with Gasteiger partial charge in [0.05, 0.1) is 13.1 Å². The molecule has 1 aromatic heterocycles. The van der Waals surface area contributed by atoms with Crippen LogP contribution >= 0.6 is 0 Å². The topological polar surface area (TPSA) is 128 Å². The van der Waals surface area contributed by atoms with Crippen LogP contribution in [0, 0.1) is 0 Å². The minimum Gasteiger partial charge on any atom is -0.368 e. The summed E-state index contributed by atoms with van der Waals surface area (Å²) < 4.78 is 0. The van der Waals surface area contributed by atoms with Gasteiger partial charge in [-0.25, -0.2) is 4.98 Å². The number of anilines is 1. The number of hydrogen-bond acceptors (Lipinski definition) is 5. The molecule has 1 rings (SSSR count). The van der Waals surface area contributed by atoms with E-state index in [0.29, 0.717) is 12.4 Å². The highest BCUT2D eigenvalue weighted by molar-refractivity contribution is 5.84. The van der Waals surface area contributed by atoms with Crippen molar-refractivity contribution >= 4 is 17.6 Å². The number of hydrogen-bond donors (Lipinski definition) is 3. The molecular weight excluding hydrogens is 222 g/mol. The van der Waals surface area contributed by atoms with E-state index in [4.69, 9.17) is 17.2 Å². The van der Waals surface area contributed by atoms with Gasteiger partial charge >= 0.3 is 0 Å². The van der Waals surface area contributed by atoms with Gasteiger partial charge in [0.1, 0.15) is 5.82 Å². The van der Waals surface area contributed by atoms with E-state index in [1.165, 1.54) is 4.90 Å². The van der Waals surface area contributed by atoms with Crippen LogP contribution in [0.15, 0.2) is 18.3 Å². The maximum atomic E-state index is 10.9. The van der Waals surface area contributed by atoms with Gasteiger partial charge in [-0.1, -0.05) is 0 Å². The molecule has 0 spiro atoms. The highest BCUT2D eigenvalue weighted by Crippen LogP contribution is 2.11. The van der Waals surface area contributed by atoms with E-state index < -0.39 is 11.8 Å². The van der Waals surface area contributed by atoms with Crippen molar-refractivity contribution in [2.75, 3.05) is 18.0 Å². The number of carbonyl (C=O) groups is 2. The lowest BCUT2D eigenvalue weighted by Gasteiger charge is -2.20. The van der Waals surface area contributed by atoms with E-state index >= 15 is 0 Å². The molecule has 7 heteroatoms. The van der Waals surface area contributed by atoms with Crippen LogP contribution in [-0.2, 0) is 16.1 Å². The SMILES string of the molecule is NCc1ccnc(N(CC(N)=O)CC(N)=O)c1. The lowest BCUT2D eigenvalue weighted by Crippen LogP contribution is -2.40. The van der Waals surface area contributed by atoms with E-state index in [2.05, 4.69) is 4.98 Å². The van der Waals surface area contributed by atoms with Gasteiger partial charge < -0.3 is 22.1 Å². The fourth-order valence-corrected chi connectivity index (χ4v) is 1.35. The smallest absolute Gasteiger partial charge is 0.237 e. The fourth-order valence-electron chi connectivity index (χ4n) is 1.35. The number of nitrogens with zero attached hydrogens (tertiary/aromatic N) is 2. The summed E-state index contributed by atoms with van der Waals surface area (Å²) in [7, 11) is 0. The Balaban J connectivity index is 2.94. The van der Waals surface area contributed by atoms with Gasteiger partial charge in [0.2, 0.25) is 11.8 Å². The summed E-state index contributed by atoms with van der Waals surface area (Å²) in [6.45, 7) is 0.102. The van der Waals surface area contributed by atoms with Crippen LogP contribution in [0.4, 0.5) is 5.82 Å². The lowest BCUT2D eigenvalue weighted by molar-refractivity contribution is -0.117. The highest BCUT2D eigenvalue weighted by atomic mass is 16.2. The third-order valence-corrected chi connectivity index (χ3v) is 2.06. The standard InChI is InChI=1S/C10H15N5O2/c11-4-7-1-2-14-10(3-7)15(5-8(12)16)6-9(13)17/h1-3H,4-6,11H2,(H2,12,16)(H2,13,17). The summed E-state index contributed by atoms with van der Waals surface area (Å²) in [5.74, 6) is -0.678. The van der Waals surface area contributed by atoms with Gasteiger partial charge in [-0.15, -0.1) is 0 Å². The molecule has 0 aromatic carbocycles. The lowest BCUT2D eigenvalue weighted by atomic mass is 10.2. The molecule has 7 nitrogen and oxygen atoms in total. The van der Waals surface area contributed by atoms with Crippen LogP contribution in [0.1, 0.15) is 5.56 Å². The fraction of sp³-hybridized carbons (Fsp3) is 0.300. The molecule has 0 aliphatic carbocycles. The zero-order valence-corrected chi connectivity index (χ0v) is 9.30. The molecule has 0 atom stereocenters. The molecule has 0 bridgehead atoms. The summed E-state index contributed by atoms with van der Waals surface area (Å²) >= 11 is 0. The van der Waals surface area contributed by atoms with Gasteiger partial charge in [-0.05, 0) is 17.7 Å². The molecule has 0 aliphatic rings. The molecule has 92 valence electrons. The second-order valence-electron chi connectivity index (χ2n) is 3.52. The first-order valence-corrected chi connectivity index (χ1v) is 4.99. The first kappa shape index (κ1) is 12.9. The summed E-state index contributed by atoms with van der Waals surface area (Å²) in [4.78, 5) is 27.2. The molecule has 2 amide bonds. The maximum Gasteiger partial charge on any atom is 0.237 e. The number of pyridine rings is 1. The van der Waals surface area contributed by atoms with Crippen molar-refractivity contribution in [1.82, 2.24) is 4.98 Å². The molecule has 0 aliphatic heterocycles. The molecule has 0 saturated carbocycles.